The summed E-state index contributed by atoms with van der Waals surface area (Å²) >= 11 is 0. The summed E-state index contributed by atoms with van der Waals surface area (Å²) in [6, 6.07) is 13.2. The van der Waals surface area contributed by atoms with Crippen LogP contribution in [0.25, 0.3) is 12.2 Å². The van der Waals surface area contributed by atoms with Gasteiger partial charge in [-0.1, -0.05) is 29.5 Å². The normalized spacial score (nSPS) is 18.4. The summed E-state index contributed by atoms with van der Waals surface area (Å²) in [5, 5.41) is 8.76. The fourth-order valence-electron chi connectivity index (χ4n) is 4.85. The zero-order valence-electron chi connectivity index (χ0n) is 28.6. The first kappa shape index (κ1) is 35.7. The number of nitrogens with zero attached hydrogens (tertiary/aromatic N) is 3. The molecule has 13 heteroatoms. The first-order valence-corrected chi connectivity index (χ1v) is 16.0. The Morgan fingerprint density at radius 3 is 1.90 bits per heavy atom. The largest absolute Gasteiger partial charge is 0.497 e. The minimum absolute atomic E-state index is 0.110. The summed E-state index contributed by atoms with van der Waals surface area (Å²) in [6.45, 7) is 10.2. The predicted molar refractivity (Wildman–Crippen MR) is 176 cm³/mol. The summed E-state index contributed by atoms with van der Waals surface area (Å²) in [6.07, 6.45) is 5.40. The molecule has 48 heavy (non-hydrogen) atoms. The van der Waals surface area contributed by atoms with Crippen molar-refractivity contribution in [2.24, 2.45) is 0 Å². The number of hydrogen-bond acceptors (Lipinski definition) is 12. The molecule has 2 aliphatic heterocycles. The van der Waals surface area contributed by atoms with Gasteiger partial charge in [0.05, 0.1) is 52.9 Å². The van der Waals surface area contributed by atoms with E-state index in [1.54, 1.807) is 18.9 Å². The summed E-state index contributed by atoms with van der Waals surface area (Å²) in [4.78, 5) is 0. The van der Waals surface area contributed by atoms with Crippen molar-refractivity contribution < 1.29 is 47.4 Å². The molecule has 0 radical (unpaired) electrons. The van der Waals surface area contributed by atoms with Gasteiger partial charge in [0.1, 0.15) is 47.8 Å². The molecule has 2 aliphatic rings. The van der Waals surface area contributed by atoms with Crippen molar-refractivity contribution in [1.29, 1.82) is 0 Å². The van der Waals surface area contributed by atoms with Crippen LogP contribution >= 0.6 is 0 Å². The Kier molecular flexibility index (Phi) is 12.4. The Hall–Kier alpha value is -3.56. The van der Waals surface area contributed by atoms with Gasteiger partial charge in [0.2, 0.25) is 0 Å². The molecule has 0 amide bonds. The number of rotatable bonds is 16. The molecule has 5 rings (SSSR count). The van der Waals surface area contributed by atoms with Gasteiger partial charge in [0.15, 0.2) is 18.4 Å². The van der Waals surface area contributed by atoms with E-state index in [4.69, 9.17) is 47.4 Å². The SMILES string of the molecule is COCOc1cc(/C=C/c2ccc(OC)cc2)cc(OCc2cn(C(COC3COC(C)(C)OC3)COC3COC(C)(C)OC3)nn2)c1. The molecule has 262 valence electrons. The van der Waals surface area contributed by atoms with E-state index in [9.17, 15) is 0 Å². The van der Waals surface area contributed by atoms with Gasteiger partial charge in [-0.25, -0.2) is 4.68 Å². The van der Waals surface area contributed by atoms with Crippen molar-refractivity contribution >= 4 is 12.2 Å². The van der Waals surface area contributed by atoms with Crippen molar-refractivity contribution in [3.05, 3.63) is 65.5 Å². The van der Waals surface area contributed by atoms with E-state index in [-0.39, 0.29) is 31.6 Å². The molecular weight excluding hydrogens is 622 g/mol. The molecule has 0 spiro atoms. The van der Waals surface area contributed by atoms with Crippen molar-refractivity contribution in [1.82, 2.24) is 15.0 Å². The number of methoxy groups -OCH3 is 2. The highest BCUT2D eigenvalue weighted by Gasteiger charge is 2.31. The Morgan fingerprint density at radius 2 is 1.33 bits per heavy atom. The molecule has 0 unspecified atom stereocenters. The van der Waals surface area contributed by atoms with Crippen LogP contribution in [0.2, 0.25) is 0 Å². The van der Waals surface area contributed by atoms with Crippen LogP contribution < -0.4 is 14.2 Å². The number of ether oxygens (including phenoxy) is 10. The number of aromatic nitrogens is 3. The molecule has 1 aromatic heterocycles. The third-order valence-electron chi connectivity index (χ3n) is 7.66. The van der Waals surface area contributed by atoms with E-state index >= 15 is 0 Å². The van der Waals surface area contributed by atoms with Crippen LogP contribution in [0.15, 0.2) is 48.7 Å². The third kappa shape index (κ3) is 11.0. The Labute approximate surface area is 281 Å². The van der Waals surface area contributed by atoms with Gasteiger partial charge in [0, 0.05) is 13.2 Å². The highest BCUT2D eigenvalue weighted by atomic mass is 16.7. The van der Waals surface area contributed by atoms with Crippen LogP contribution in [0, 0.1) is 0 Å². The van der Waals surface area contributed by atoms with Crippen molar-refractivity contribution in [3.63, 3.8) is 0 Å². The molecule has 2 aromatic carbocycles. The quantitative estimate of drug-likeness (QED) is 0.152. The Balaban J connectivity index is 1.23. The summed E-state index contributed by atoms with van der Waals surface area (Å²) < 4.78 is 59.4. The van der Waals surface area contributed by atoms with Gasteiger partial charge < -0.3 is 47.4 Å². The van der Waals surface area contributed by atoms with Crippen LogP contribution in [-0.4, -0.2) is 99.4 Å². The highest BCUT2D eigenvalue weighted by Crippen LogP contribution is 2.26. The maximum absolute atomic E-state index is 6.18. The fraction of sp³-hybridized carbons (Fsp3) is 0.543. The average Bonchev–Trinajstić information content (AvgIpc) is 3.56. The second-order valence-electron chi connectivity index (χ2n) is 12.5. The van der Waals surface area contributed by atoms with Gasteiger partial charge in [-0.15, -0.1) is 5.10 Å². The number of benzene rings is 2. The van der Waals surface area contributed by atoms with E-state index < -0.39 is 11.6 Å². The zero-order chi connectivity index (χ0) is 34.0. The second-order valence-corrected chi connectivity index (χ2v) is 12.5. The topological polar surface area (TPSA) is 123 Å². The molecule has 0 atom stereocenters. The summed E-state index contributed by atoms with van der Waals surface area (Å²) in [5.74, 6) is 0.772. The van der Waals surface area contributed by atoms with E-state index in [2.05, 4.69) is 10.3 Å². The number of hydrogen-bond donors (Lipinski definition) is 0. The van der Waals surface area contributed by atoms with Crippen molar-refractivity contribution in [3.8, 4) is 17.2 Å². The van der Waals surface area contributed by atoms with Gasteiger partial charge in [-0.05, 0) is 63.1 Å². The van der Waals surface area contributed by atoms with Gasteiger partial charge >= 0.3 is 0 Å². The average molecular weight is 670 g/mol. The van der Waals surface area contributed by atoms with Gasteiger partial charge in [0.25, 0.3) is 0 Å². The molecule has 2 fully saturated rings. The molecular formula is C35H47N3O10. The van der Waals surface area contributed by atoms with E-state index in [0.29, 0.717) is 56.8 Å². The maximum atomic E-state index is 6.18. The standard InChI is InChI=1S/C35H47N3O10/c1-34(2)45-20-32(21-46-34)42-18-28(19-43-33-22-47-35(3,4)48-23-33)38-16-27(36-37-38)17-41-30-13-26(14-31(15-30)44-24-39-5)8-7-25-9-11-29(40-6)12-10-25/h7-16,28,32-33H,17-24H2,1-6H3/b8-7+. The highest BCUT2D eigenvalue weighted by molar-refractivity contribution is 5.71. The molecule has 13 nitrogen and oxygen atoms in total. The van der Waals surface area contributed by atoms with Gasteiger partial charge in [-0.3, -0.25) is 0 Å². The van der Waals surface area contributed by atoms with Crippen molar-refractivity contribution in [2.45, 2.75) is 64.1 Å². The lowest BCUT2D eigenvalue weighted by atomic mass is 10.1. The predicted octanol–water partition coefficient (Wildman–Crippen LogP) is 4.90. The first-order chi connectivity index (χ1) is 23.1. The Morgan fingerprint density at radius 1 is 0.771 bits per heavy atom. The zero-order valence-corrected chi connectivity index (χ0v) is 28.6. The lowest BCUT2D eigenvalue weighted by molar-refractivity contribution is -0.284. The molecule has 2 saturated heterocycles. The lowest BCUT2D eigenvalue weighted by Gasteiger charge is -2.36. The van der Waals surface area contributed by atoms with E-state index in [0.717, 1.165) is 16.9 Å². The van der Waals surface area contributed by atoms with Crippen LogP contribution in [-0.2, 0) is 39.8 Å². The Bertz CT molecular complexity index is 1410. The van der Waals surface area contributed by atoms with Crippen LogP contribution in [0.3, 0.4) is 0 Å². The summed E-state index contributed by atoms with van der Waals surface area (Å²) in [7, 11) is 3.22. The monoisotopic (exact) mass is 669 g/mol. The van der Waals surface area contributed by atoms with E-state index in [1.165, 1.54) is 0 Å². The third-order valence-corrected chi connectivity index (χ3v) is 7.66. The van der Waals surface area contributed by atoms with Crippen LogP contribution in [0.1, 0.15) is 50.6 Å². The second kappa shape index (κ2) is 16.7. The molecule has 3 heterocycles. The van der Waals surface area contributed by atoms with Crippen LogP contribution in [0.4, 0.5) is 0 Å². The first-order valence-electron chi connectivity index (χ1n) is 16.0. The lowest BCUT2D eigenvalue weighted by Crippen LogP contribution is -2.44. The maximum Gasteiger partial charge on any atom is 0.188 e. The van der Waals surface area contributed by atoms with Crippen LogP contribution in [0.5, 0.6) is 17.2 Å². The fourth-order valence-corrected chi connectivity index (χ4v) is 4.85. The molecule has 0 saturated carbocycles. The van der Waals surface area contributed by atoms with Crippen molar-refractivity contribution in [2.75, 3.05) is 60.7 Å². The molecule has 0 N–H and O–H groups in total. The smallest absolute Gasteiger partial charge is 0.188 e. The molecule has 0 bridgehead atoms. The minimum atomic E-state index is -0.624. The van der Waals surface area contributed by atoms with Gasteiger partial charge in [-0.2, -0.15) is 0 Å². The molecule has 0 aliphatic carbocycles. The van der Waals surface area contributed by atoms with E-state index in [1.807, 2.05) is 88.5 Å². The molecule has 3 aromatic rings. The summed E-state index contributed by atoms with van der Waals surface area (Å²) in [5.41, 5.74) is 2.56. The minimum Gasteiger partial charge on any atom is -0.497 e.